The zero-order valence-electron chi connectivity index (χ0n) is 16.1. The molecule has 2 aromatic carbocycles. The van der Waals surface area contributed by atoms with Crippen molar-refractivity contribution in [2.24, 2.45) is 0 Å². The summed E-state index contributed by atoms with van der Waals surface area (Å²) in [6.45, 7) is 1.28. The minimum Gasteiger partial charge on any atom is -0.495 e. The molecule has 0 aromatic heterocycles. The maximum Gasteiger partial charge on any atom is 0.271 e. The predicted molar refractivity (Wildman–Crippen MR) is 108 cm³/mol. The van der Waals surface area contributed by atoms with Gasteiger partial charge in [-0.1, -0.05) is 6.07 Å². The van der Waals surface area contributed by atoms with Crippen LogP contribution in [0.4, 0.5) is 22.7 Å². The highest BCUT2D eigenvalue weighted by atomic mass is 32.2. The summed E-state index contributed by atoms with van der Waals surface area (Å²) < 4.78 is 30.5. The van der Waals surface area contributed by atoms with Gasteiger partial charge in [-0.15, -0.1) is 0 Å². The van der Waals surface area contributed by atoms with Crippen molar-refractivity contribution in [1.82, 2.24) is 0 Å². The summed E-state index contributed by atoms with van der Waals surface area (Å²) in [5.74, 6) is -0.701. The average Bonchev–Trinajstić information content (AvgIpc) is 2.67. The number of methoxy groups -OCH3 is 1. The van der Waals surface area contributed by atoms with Crippen molar-refractivity contribution in [2.45, 2.75) is 13.0 Å². The van der Waals surface area contributed by atoms with E-state index < -0.39 is 31.8 Å². The van der Waals surface area contributed by atoms with Gasteiger partial charge in [-0.2, -0.15) is 0 Å². The number of nitrogens with one attached hydrogen (secondary N) is 1. The van der Waals surface area contributed by atoms with Gasteiger partial charge in [-0.25, -0.2) is 8.42 Å². The van der Waals surface area contributed by atoms with Crippen LogP contribution in [0.5, 0.6) is 5.75 Å². The van der Waals surface area contributed by atoms with Crippen molar-refractivity contribution < 1.29 is 27.8 Å². The number of hydrogen-bond donors (Lipinski definition) is 1. The molecule has 0 saturated heterocycles. The van der Waals surface area contributed by atoms with Crippen LogP contribution in [0.3, 0.4) is 0 Å². The number of ether oxygens (including phenoxy) is 1. The largest absolute Gasteiger partial charge is 0.495 e. The molecule has 12 nitrogen and oxygen atoms in total. The van der Waals surface area contributed by atoms with Gasteiger partial charge in [-0.3, -0.25) is 29.3 Å². The number of nitro groups is 2. The minimum absolute atomic E-state index is 0.0314. The van der Waals surface area contributed by atoms with Gasteiger partial charge in [0.25, 0.3) is 11.4 Å². The van der Waals surface area contributed by atoms with Gasteiger partial charge < -0.3 is 10.1 Å². The third-order valence-corrected chi connectivity index (χ3v) is 5.28. The standard InChI is InChI=1S/C17H18N4O8S/c1-11(17(22)18-15-10-14(21(25)26)7-8-16(15)29-2)19(30(3,27)28)12-5-4-6-13(9-12)20(23)24/h4-11H,1-3H3,(H,18,22). The Morgan fingerprint density at radius 3 is 2.23 bits per heavy atom. The molecule has 13 heteroatoms. The number of amides is 1. The van der Waals surface area contributed by atoms with E-state index in [1.54, 1.807) is 0 Å². The molecule has 1 unspecified atom stereocenters. The SMILES string of the molecule is COc1ccc([N+](=O)[O-])cc1NC(=O)C(C)N(c1cccc([N+](=O)[O-])c1)S(C)(=O)=O. The number of hydrogen-bond acceptors (Lipinski definition) is 8. The lowest BCUT2D eigenvalue weighted by atomic mass is 10.2. The van der Waals surface area contributed by atoms with Crippen LogP contribution in [0.15, 0.2) is 42.5 Å². The van der Waals surface area contributed by atoms with E-state index in [9.17, 15) is 33.4 Å². The maximum atomic E-state index is 12.8. The lowest BCUT2D eigenvalue weighted by molar-refractivity contribution is -0.385. The molecule has 0 spiro atoms. The second-order valence-electron chi connectivity index (χ2n) is 6.14. The monoisotopic (exact) mass is 438 g/mol. The van der Waals surface area contributed by atoms with E-state index in [-0.39, 0.29) is 28.5 Å². The highest BCUT2D eigenvalue weighted by molar-refractivity contribution is 7.92. The Morgan fingerprint density at radius 1 is 1.10 bits per heavy atom. The molecule has 0 heterocycles. The van der Waals surface area contributed by atoms with Crippen LogP contribution in [0, 0.1) is 20.2 Å². The first-order valence-corrected chi connectivity index (χ1v) is 10.2. The zero-order chi connectivity index (χ0) is 22.6. The smallest absolute Gasteiger partial charge is 0.271 e. The Bertz CT molecular complexity index is 1100. The molecule has 0 aliphatic rings. The van der Waals surface area contributed by atoms with E-state index in [1.807, 2.05) is 0 Å². The van der Waals surface area contributed by atoms with Gasteiger partial charge in [0.15, 0.2) is 0 Å². The molecule has 0 saturated carbocycles. The molecular formula is C17H18N4O8S. The van der Waals surface area contributed by atoms with Gasteiger partial charge in [0.05, 0.1) is 34.6 Å². The van der Waals surface area contributed by atoms with Crippen molar-refractivity contribution >= 4 is 38.7 Å². The third-order valence-electron chi connectivity index (χ3n) is 4.04. The molecular weight excluding hydrogens is 420 g/mol. The van der Waals surface area contributed by atoms with Crippen molar-refractivity contribution in [1.29, 1.82) is 0 Å². The molecule has 0 fully saturated rings. The fraction of sp³-hybridized carbons (Fsp3) is 0.235. The molecule has 160 valence electrons. The maximum absolute atomic E-state index is 12.8. The fourth-order valence-electron chi connectivity index (χ4n) is 2.70. The highest BCUT2D eigenvalue weighted by Gasteiger charge is 2.30. The average molecular weight is 438 g/mol. The summed E-state index contributed by atoms with van der Waals surface area (Å²) in [7, 11) is -2.73. The fourth-order valence-corrected chi connectivity index (χ4v) is 3.86. The molecule has 1 amide bonds. The first-order chi connectivity index (χ1) is 14.0. The van der Waals surface area contributed by atoms with Gasteiger partial charge >= 0.3 is 0 Å². The number of anilines is 2. The predicted octanol–water partition coefficient (Wildman–Crippen LogP) is 2.30. The number of rotatable bonds is 8. The number of nitro benzene ring substituents is 2. The molecule has 2 rings (SSSR count). The van der Waals surface area contributed by atoms with Crippen LogP contribution < -0.4 is 14.4 Å². The van der Waals surface area contributed by atoms with E-state index in [0.717, 1.165) is 22.7 Å². The number of carbonyl (C=O) groups excluding carboxylic acids is 1. The molecule has 1 N–H and O–H groups in total. The Balaban J connectivity index is 2.43. The van der Waals surface area contributed by atoms with Gasteiger partial charge in [-0.05, 0) is 19.1 Å². The van der Waals surface area contributed by atoms with Crippen molar-refractivity contribution in [3.8, 4) is 5.75 Å². The number of sulfonamides is 1. The van der Waals surface area contributed by atoms with Gasteiger partial charge in [0.1, 0.15) is 11.8 Å². The molecule has 0 radical (unpaired) electrons. The highest BCUT2D eigenvalue weighted by Crippen LogP contribution is 2.30. The van der Waals surface area contributed by atoms with Gasteiger partial charge in [0.2, 0.25) is 15.9 Å². The van der Waals surface area contributed by atoms with Crippen LogP contribution in [0.2, 0.25) is 0 Å². The van der Waals surface area contributed by atoms with Gasteiger partial charge in [0, 0.05) is 24.3 Å². The number of benzene rings is 2. The second kappa shape index (κ2) is 8.73. The van der Waals surface area contributed by atoms with E-state index in [2.05, 4.69) is 5.32 Å². The number of carbonyl (C=O) groups is 1. The molecule has 2 aromatic rings. The summed E-state index contributed by atoms with van der Waals surface area (Å²) in [6, 6.07) is 7.01. The molecule has 0 aliphatic carbocycles. The summed E-state index contributed by atoms with van der Waals surface area (Å²) in [5, 5.41) is 24.4. The molecule has 0 bridgehead atoms. The van der Waals surface area contributed by atoms with Crippen LogP contribution in [0.25, 0.3) is 0 Å². The van der Waals surface area contributed by atoms with Crippen LogP contribution in [-0.4, -0.2) is 43.6 Å². The quantitative estimate of drug-likeness (QED) is 0.485. The zero-order valence-corrected chi connectivity index (χ0v) is 17.0. The first kappa shape index (κ1) is 22.5. The number of nitrogens with zero attached hydrogens (tertiary/aromatic N) is 3. The second-order valence-corrected chi connectivity index (χ2v) is 8.00. The summed E-state index contributed by atoms with van der Waals surface area (Å²) >= 11 is 0. The molecule has 0 aliphatic heterocycles. The van der Waals surface area contributed by atoms with Crippen LogP contribution in [0.1, 0.15) is 6.92 Å². The molecule has 30 heavy (non-hydrogen) atoms. The Kier molecular flexibility index (Phi) is 6.56. The number of non-ortho nitro benzene ring substituents is 2. The third kappa shape index (κ3) is 5.00. The first-order valence-electron chi connectivity index (χ1n) is 8.33. The summed E-state index contributed by atoms with van der Waals surface area (Å²) in [5.41, 5.74) is -0.775. The Hall–Kier alpha value is -3.74. The summed E-state index contributed by atoms with van der Waals surface area (Å²) in [4.78, 5) is 33.4. The summed E-state index contributed by atoms with van der Waals surface area (Å²) in [6.07, 6.45) is 0.851. The van der Waals surface area contributed by atoms with E-state index in [1.165, 1.54) is 44.4 Å². The van der Waals surface area contributed by atoms with Crippen molar-refractivity contribution in [3.05, 3.63) is 62.7 Å². The Morgan fingerprint density at radius 2 is 1.70 bits per heavy atom. The minimum atomic E-state index is -4.02. The topological polar surface area (TPSA) is 162 Å². The lowest BCUT2D eigenvalue weighted by Crippen LogP contribution is -2.45. The van der Waals surface area contributed by atoms with E-state index >= 15 is 0 Å². The Labute approximate surface area is 171 Å². The lowest BCUT2D eigenvalue weighted by Gasteiger charge is -2.28. The molecule has 1 atom stereocenters. The van der Waals surface area contributed by atoms with Crippen LogP contribution >= 0.6 is 0 Å². The van der Waals surface area contributed by atoms with Crippen LogP contribution in [-0.2, 0) is 14.8 Å². The van der Waals surface area contributed by atoms with Crippen molar-refractivity contribution in [2.75, 3.05) is 23.0 Å². The van der Waals surface area contributed by atoms with Crippen molar-refractivity contribution in [3.63, 3.8) is 0 Å². The van der Waals surface area contributed by atoms with E-state index in [4.69, 9.17) is 4.74 Å². The van der Waals surface area contributed by atoms with E-state index in [0.29, 0.717) is 0 Å². The normalized spacial score (nSPS) is 12.0.